The maximum atomic E-state index is 12.2. The van der Waals surface area contributed by atoms with Crippen LogP contribution in [-0.2, 0) is 0 Å². The molecule has 1 N–H and O–H groups in total. The normalized spacial score (nSPS) is 17.7. The van der Waals surface area contributed by atoms with Gasteiger partial charge in [-0.2, -0.15) is 21.1 Å². The van der Waals surface area contributed by atoms with Crippen LogP contribution in [0.15, 0.2) is 24.5 Å². The first kappa shape index (κ1) is 14.3. The summed E-state index contributed by atoms with van der Waals surface area (Å²) in [6.07, 6.45) is 4.45. The van der Waals surface area contributed by atoms with Crippen LogP contribution in [0, 0.1) is 0 Å². The van der Waals surface area contributed by atoms with Crippen molar-refractivity contribution in [2.24, 2.45) is 0 Å². The molecule has 1 saturated heterocycles. The van der Waals surface area contributed by atoms with Crippen LogP contribution in [-0.4, -0.2) is 49.9 Å². The van der Waals surface area contributed by atoms with Gasteiger partial charge in [0.25, 0.3) is 0 Å². The molecule has 3 heterocycles. The van der Waals surface area contributed by atoms with E-state index in [1.807, 2.05) is 30.9 Å². The number of anilines is 1. The lowest BCUT2D eigenvalue weighted by atomic mass is 10.2. The van der Waals surface area contributed by atoms with Gasteiger partial charge in [-0.05, 0) is 24.3 Å². The first-order valence-electron chi connectivity index (χ1n) is 6.59. The zero-order valence-corrected chi connectivity index (χ0v) is 13.2. The van der Waals surface area contributed by atoms with E-state index in [9.17, 15) is 4.79 Å². The van der Waals surface area contributed by atoms with Crippen molar-refractivity contribution in [2.45, 2.75) is 12.5 Å². The Kier molecular flexibility index (Phi) is 4.35. The maximum Gasteiger partial charge on any atom is 0.323 e. The molecule has 21 heavy (non-hydrogen) atoms. The molecule has 8 heteroatoms. The van der Waals surface area contributed by atoms with E-state index in [2.05, 4.69) is 19.7 Å². The number of hydrogen-bond donors (Lipinski definition) is 1. The van der Waals surface area contributed by atoms with Crippen LogP contribution < -0.4 is 5.32 Å². The molecule has 2 aromatic heterocycles. The minimum Gasteiger partial charge on any atom is -0.324 e. The summed E-state index contributed by atoms with van der Waals surface area (Å²) in [5.41, 5.74) is 0.842. The highest BCUT2D eigenvalue weighted by atomic mass is 32.2. The molecule has 0 aliphatic carbocycles. The molecule has 1 aliphatic heterocycles. The van der Waals surface area contributed by atoms with Gasteiger partial charge < -0.3 is 4.90 Å². The highest BCUT2D eigenvalue weighted by molar-refractivity contribution is 7.99. The second-order valence-corrected chi connectivity index (χ2v) is 6.62. The van der Waals surface area contributed by atoms with Crippen molar-refractivity contribution in [3.8, 4) is 11.4 Å². The predicted octanol–water partition coefficient (Wildman–Crippen LogP) is 2.57. The Morgan fingerprint density at radius 3 is 3.14 bits per heavy atom. The highest BCUT2D eigenvalue weighted by Crippen LogP contribution is 2.23. The number of carbonyl (C=O) groups is 1. The average Bonchev–Trinajstić information content (AvgIpc) is 3.19. The molecule has 1 fully saturated rings. The van der Waals surface area contributed by atoms with Crippen molar-refractivity contribution in [1.82, 2.24) is 19.2 Å². The van der Waals surface area contributed by atoms with Crippen LogP contribution in [0.2, 0.25) is 0 Å². The van der Waals surface area contributed by atoms with Crippen molar-refractivity contribution in [2.75, 3.05) is 23.9 Å². The van der Waals surface area contributed by atoms with Crippen LogP contribution >= 0.6 is 23.3 Å². The van der Waals surface area contributed by atoms with Gasteiger partial charge in [-0.25, -0.2) is 4.79 Å². The quantitative estimate of drug-likeness (QED) is 0.941. The van der Waals surface area contributed by atoms with Crippen molar-refractivity contribution in [3.63, 3.8) is 0 Å². The van der Waals surface area contributed by atoms with Crippen LogP contribution in [0.5, 0.6) is 0 Å². The molecule has 0 aromatic carbocycles. The van der Waals surface area contributed by atoms with E-state index >= 15 is 0 Å². The molecular formula is C13H15N5OS2. The number of hydrogen-bond acceptors (Lipinski definition) is 6. The standard InChI is InChI=1S/C13H15N5OS2/c1-18(10-4-6-20-8-10)13(19)16-12-15-11(17-21-12)9-3-2-5-14-7-9/h2-3,5,7,10H,4,6,8H2,1H3,(H,15,16,17,19)/t10-/m1/s1. The molecule has 1 aliphatic rings. The lowest BCUT2D eigenvalue weighted by molar-refractivity contribution is 0.209. The Morgan fingerprint density at radius 1 is 1.52 bits per heavy atom. The van der Waals surface area contributed by atoms with Gasteiger partial charge in [-0.15, -0.1) is 0 Å². The Labute approximate surface area is 131 Å². The Morgan fingerprint density at radius 2 is 2.43 bits per heavy atom. The maximum absolute atomic E-state index is 12.2. The third kappa shape index (κ3) is 3.33. The summed E-state index contributed by atoms with van der Waals surface area (Å²) in [6, 6.07) is 3.90. The molecule has 6 nitrogen and oxygen atoms in total. The van der Waals surface area contributed by atoms with Crippen LogP contribution in [0.1, 0.15) is 6.42 Å². The van der Waals surface area contributed by atoms with Crippen LogP contribution in [0.3, 0.4) is 0 Å². The second-order valence-electron chi connectivity index (χ2n) is 4.72. The predicted molar refractivity (Wildman–Crippen MR) is 85.7 cm³/mol. The lowest BCUT2D eigenvalue weighted by Gasteiger charge is -2.23. The number of carbonyl (C=O) groups excluding carboxylic acids is 1. The van der Waals surface area contributed by atoms with E-state index in [0.29, 0.717) is 17.0 Å². The Bertz CT molecular complexity index is 612. The number of urea groups is 1. The lowest BCUT2D eigenvalue weighted by Crippen LogP contribution is -2.39. The van der Waals surface area contributed by atoms with E-state index in [-0.39, 0.29) is 6.03 Å². The van der Waals surface area contributed by atoms with Crippen molar-refractivity contribution in [3.05, 3.63) is 24.5 Å². The largest absolute Gasteiger partial charge is 0.324 e. The van der Waals surface area contributed by atoms with Gasteiger partial charge in [-0.1, -0.05) is 0 Å². The zero-order valence-electron chi connectivity index (χ0n) is 11.5. The number of nitrogens with one attached hydrogen (secondary N) is 1. The highest BCUT2D eigenvalue weighted by Gasteiger charge is 2.24. The number of nitrogens with zero attached hydrogens (tertiary/aromatic N) is 4. The molecular weight excluding hydrogens is 306 g/mol. The van der Waals surface area contributed by atoms with Gasteiger partial charge in [0.1, 0.15) is 0 Å². The van der Waals surface area contributed by atoms with Crippen molar-refractivity contribution < 1.29 is 4.79 Å². The van der Waals surface area contributed by atoms with Crippen molar-refractivity contribution >= 4 is 34.5 Å². The zero-order chi connectivity index (χ0) is 14.7. The molecule has 3 rings (SSSR count). The molecule has 110 valence electrons. The average molecular weight is 321 g/mol. The summed E-state index contributed by atoms with van der Waals surface area (Å²) in [4.78, 5) is 22.3. The number of thioether (sulfide) groups is 1. The fraction of sp³-hybridized carbons (Fsp3) is 0.385. The summed E-state index contributed by atoms with van der Waals surface area (Å²) in [5.74, 6) is 2.70. The third-order valence-electron chi connectivity index (χ3n) is 3.33. The van der Waals surface area contributed by atoms with Gasteiger partial charge in [-0.3, -0.25) is 10.3 Å². The van der Waals surface area contributed by atoms with Gasteiger partial charge >= 0.3 is 6.03 Å². The molecule has 0 spiro atoms. The number of amides is 2. The van der Waals surface area contributed by atoms with Gasteiger partial charge in [0, 0.05) is 48.3 Å². The first-order chi connectivity index (χ1) is 10.2. The molecule has 2 amide bonds. The number of aromatic nitrogens is 3. The number of rotatable bonds is 3. The van der Waals surface area contributed by atoms with Gasteiger partial charge in [0.05, 0.1) is 0 Å². The Hall–Kier alpha value is -1.67. The van der Waals surface area contributed by atoms with Crippen LogP contribution in [0.4, 0.5) is 9.93 Å². The second kappa shape index (κ2) is 6.40. The summed E-state index contributed by atoms with van der Waals surface area (Å²) in [5, 5.41) is 3.32. The molecule has 0 radical (unpaired) electrons. The summed E-state index contributed by atoms with van der Waals surface area (Å²) >= 11 is 3.06. The minimum atomic E-state index is -0.128. The third-order valence-corrected chi connectivity index (χ3v) is 5.11. The van der Waals surface area contributed by atoms with E-state index in [4.69, 9.17) is 0 Å². The molecule has 0 saturated carbocycles. The van der Waals surface area contributed by atoms with Gasteiger partial charge in [0.2, 0.25) is 5.13 Å². The number of pyridine rings is 1. The summed E-state index contributed by atoms with van der Waals surface area (Å²) in [7, 11) is 1.83. The summed E-state index contributed by atoms with van der Waals surface area (Å²) < 4.78 is 4.25. The fourth-order valence-corrected chi connectivity index (χ4v) is 3.91. The molecule has 0 bridgehead atoms. The van der Waals surface area contributed by atoms with E-state index in [0.717, 1.165) is 23.5 Å². The van der Waals surface area contributed by atoms with Gasteiger partial charge in [0.15, 0.2) is 5.82 Å². The molecule has 0 unspecified atom stereocenters. The first-order valence-corrected chi connectivity index (χ1v) is 8.52. The van der Waals surface area contributed by atoms with E-state index in [1.165, 1.54) is 11.5 Å². The van der Waals surface area contributed by atoms with Crippen LogP contribution in [0.25, 0.3) is 11.4 Å². The monoisotopic (exact) mass is 321 g/mol. The minimum absolute atomic E-state index is 0.128. The Balaban J connectivity index is 1.65. The molecule has 2 aromatic rings. The summed E-state index contributed by atoms with van der Waals surface area (Å²) in [6.45, 7) is 0. The van der Waals surface area contributed by atoms with Crippen molar-refractivity contribution in [1.29, 1.82) is 0 Å². The smallest absolute Gasteiger partial charge is 0.323 e. The SMILES string of the molecule is CN(C(=O)Nc1nc(-c2cccnc2)ns1)[C@@H]1CCSC1. The van der Waals surface area contributed by atoms with E-state index < -0.39 is 0 Å². The van der Waals surface area contributed by atoms with E-state index in [1.54, 1.807) is 17.3 Å². The fourth-order valence-electron chi connectivity index (χ4n) is 2.06. The molecule has 1 atom stereocenters. The topological polar surface area (TPSA) is 71.0 Å².